The molecular formula is C19H26ClNOS. The molecule has 1 aromatic heterocycles. The van der Waals surface area contributed by atoms with Gasteiger partial charge in [0, 0.05) is 21.6 Å². The number of phenolic OH excluding ortho intramolecular Hbond substituents is 1. The number of rotatable bonds is 6. The van der Waals surface area contributed by atoms with E-state index in [1.54, 1.807) is 17.4 Å². The summed E-state index contributed by atoms with van der Waals surface area (Å²) >= 11 is 1.75. The normalized spacial score (nSPS) is 19.3. The lowest BCUT2D eigenvalue weighted by Crippen LogP contribution is -2.41. The van der Waals surface area contributed by atoms with Gasteiger partial charge in [-0.2, -0.15) is 0 Å². The molecule has 2 nitrogen and oxygen atoms in total. The molecule has 1 aliphatic carbocycles. The predicted octanol–water partition coefficient (Wildman–Crippen LogP) is 4.69. The molecule has 0 fully saturated rings. The van der Waals surface area contributed by atoms with Crippen molar-refractivity contribution >= 4 is 23.7 Å². The fourth-order valence-electron chi connectivity index (χ4n) is 3.41. The maximum atomic E-state index is 10.0. The summed E-state index contributed by atoms with van der Waals surface area (Å²) in [4.78, 5) is 3.69. The maximum Gasteiger partial charge on any atom is 0.119 e. The lowest BCUT2D eigenvalue weighted by Gasteiger charge is -2.35. The molecule has 1 heterocycles. The van der Waals surface area contributed by atoms with Crippen LogP contribution in [0.3, 0.4) is 0 Å². The van der Waals surface area contributed by atoms with Gasteiger partial charge < -0.3 is 5.11 Å². The zero-order chi connectivity index (χ0) is 17.9. The van der Waals surface area contributed by atoms with Gasteiger partial charge in [0.25, 0.3) is 0 Å². The Balaban J connectivity index is 0.00000243. The van der Waals surface area contributed by atoms with E-state index in [9.17, 15) is 5.11 Å². The first kappa shape index (κ1) is 14.3. The van der Waals surface area contributed by atoms with Crippen molar-refractivity contribution in [1.82, 2.24) is 4.90 Å². The van der Waals surface area contributed by atoms with E-state index in [1.807, 2.05) is 6.07 Å². The van der Waals surface area contributed by atoms with E-state index in [1.165, 1.54) is 10.4 Å². The van der Waals surface area contributed by atoms with Crippen molar-refractivity contribution in [1.29, 1.82) is 0 Å². The second-order valence-electron chi connectivity index (χ2n) is 5.93. The van der Waals surface area contributed by atoms with Gasteiger partial charge in [-0.05, 0) is 67.3 Å². The van der Waals surface area contributed by atoms with E-state index < -0.39 is 6.85 Å². The maximum absolute atomic E-state index is 10.0. The highest BCUT2D eigenvalue weighted by molar-refractivity contribution is 7.09. The first-order valence-electron chi connectivity index (χ1n) is 9.48. The van der Waals surface area contributed by atoms with Crippen LogP contribution in [0.25, 0.3) is 0 Å². The summed E-state index contributed by atoms with van der Waals surface area (Å²) < 4.78 is 22.6. The Morgan fingerprint density at radius 1 is 1.30 bits per heavy atom. The van der Waals surface area contributed by atoms with E-state index in [0.717, 1.165) is 37.8 Å². The number of benzene rings is 1. The van der Waals surface area contributed by atoms with Crippen LogP contribution < -0.4 is 0 Å². The van der Waals surface area contributed by atoms with Crippen molar-refractivity contribution in [2.45, 2.75) is 45.0 Å². The molecule has 1 atom stereocenters. The highest BCUT2D eigenvalue weighted by atomic mass is 35.5. The Morgan fingerprint density at radius 3 is 3.00 bits per heavy atom. The minimum atomic E-state index is -1.88. The molecule has 0 aliphatic heterocycles. The van der Waals surface area contributed by atoms with Gasteiger partial charge in [-0.3, -0.25) is 4.90 Å². The number of nitrogens with zero attached hydrogens (tertiary/aromatic N) is 1. The van der Waals surface area contributed by atoms with E-state index >= 15 is 0 Å². The predicted molar refractivity (Wildman–Crippen MR) is 101 cm³/mol. The number of aromatic hydroxyl groups is 1. The van der Waals surface area contributed by atoms with Crippen LogP contribution >= 0.6 is 23.7 Å². The first-order valence-corrected chi connectivity index (χ1v) is 8.86. The van der Waals surface area contributed by atoms with Gasteiger partial charge in [0.1, 0.15) is 5.75 Å². The molecule has 2 aromatic rings. The topological polar surface area (TPSA) is 23.5 Å². The molecule has 1 N–H and O–H groups in total. The number of phenols is 1. The summed E-state index contributed by atoms with van der Waals surface area (Å²) in [6.45, 7) is -0.401. The van der Waals surface area contributed by atoms with Crippen molar-refractivity contribution in [3.05, 3.63) is 51.7 Å². The molecule has 1 aromatic carbocycles. The Morgan fingerprint density at radius 2 is 2.22 bits per heavy atom. The largest absolute Gasteiger partial charge is 0.508 e. The molecule has 4 heteroatoms. The number of hydrogen-bond acceptors (Lipinski definition) is 3. The molecular weight excluding hydrogens is 326 g/mol. The van der Waals surface area contributed by atoms with Gasteiger partial charge in [0.05, 0.1) is 0 Å². The molecule has 0 amide bonds. The van der Waals surface area contributed by atoms with Crippen molar-refractivity contribution < 1.29 is 9.22 Å². The van der Waals surface area contributed by atoms with Crippen molar-refractivity contribution in [3.8, 4) is 5.75 Å². The Labute approximate surface area is 153 Å². The van der Waals surface area contributed by atoms with Crippen molar-refractivity contribution in [2.24, 2.45) is 0 Å². The molecule has 0 saturated carbocycles. The lowest BCUT2D eigenvalue weighted by atomic mass is 9.86. The Bertz CT molecular complexity index is 691. The van der Waals surface area contributed by atoms with Gasteiger partial charge >= 0.3 is 0 Å². The molecule has 0 radical (unpaired) electrons. The third-order valence-electron chi connectivity index (χ3n) is 4.57. The first-order chi connectivity index (χ1) is 11.9. The Kier molecular flexibility index (Phi) is 5.43. The molecule has 126 valence electrons. The second-order valence-corrected chi connectivity index (χ2v) is 6.96. The van der Waals surface area contributed by atoms with Gasteiger partial charge in [-0.25, -0.2) is 0 Å². The molecule has 0 spiro atoms. The molecule has 1 aliphatic rings. The van der Waals surface area contributed by atoms with Crippen LogP contribution in [-0.4, -0.2) is 29.1 Å². The summed E-state index contributed by atoms with van der Waals surface area (Å²) in [5.74, 6) is 0.392. The summed E-state index contributed by atoms with van der Waals surface area (Å²) in [5.41, 5.74) is 2.26. The van der Waals surface area contributed by atoms with Crippen LogP contribution in [0.2, 0.25) is 0 Å². The van der Waals surface area contributed by atoms with E-state index in [2.05, 4.69) is 28.5 Å². The summed E-state index contributed by atoms with van der Waals surface area (Å²) in [5, 5.41) is 12.1. The van der Waals surface area contributed by atoms with Crippen LogP contribution in [0, 0.1) is 0 Å². The standard InChI is InChI=1S/C19H25NOS.ClH/c1-2-11-20(12-10-17-6-4-13-22-17)16-8-9-18-15(14-16)5-3-7-19(18)21;/h3-7,13,16,21H,2,8-12,14H2,1H3;1H/i1D3;. The van der Waals surface area contributed by atoms with Gasteiger partial charge in [0.15, 0.2) is 0 Å². The van der Waals surface area contributed by atoms with Crippen LogP contribution in [-0.2, 0) is 19.3 Å². The van der Waals surface area contributed by atoms with Gasteiger partial charge in [-0.15, -0.1) is 23.7 Å². The van der Waals surface area contributed by atoms with Crippen LogP contribution in [0.4, 0.5) is 0 Å². The summed E-state index contributed by atoms with van der Waals surface area (Å²) in [7, 11) is 0. The molecule has 1 unspecified atom stereocenters. The number of halogens is 1. The quantitative estimate of drug-likeness (QED) is 0.813. The highest BCUT2D eigenvalue weighted by Gasteiger charge is 2.25. The van der Waals surface area contributed by atoms with Crippen molar-refractivity contribution in [2.75, 3.05) is 13.1 Å². The molecule has 0 bridgehead atoms. The molecule has 23 heavy (non-hydrogen) atoms. The number of thiophene rings is 1. The number of fused-ring (bicyclic) bond motifs is 1. The van der Waals surface area contributed by atoms with Crippen LogP contribution in [0.1, 0.15) is 39.8 Å². The lowest BCUT2D eigenvalue weighted by molar-refractivity contribution is 0.181. The summed E-state index contributed by atoms with van der Waals surface area (Å²) in [6, 6.07) is 10.3. The third-order valence-corrected chi connectivity index (χ3v) is 5.51. The Hall–Kier alpha value is -1.03. The minimum Gasteiger partial charge on any atom is -0.508 e. The second kappa shape index (κ2) is 8.72. The third kappa shape index (κ3) is 4.50. The zero-order valence-corrected chi connectivity index (χ0v) is 14.8. The van der Waals surface area contributed by atoms with Crippen LogP contribution in [0.15, 0.2) is 35.7 Å². The van der Waals surface area contributed by atoms with Gasteiger partial charge in [-0.1, -0.05) is 25.1 Å². The average molecular weight is 355 g/mol. The van der Waals surface area contributed by atoms with E-state index in [-0.39, 0.29) is 18.8 Å². The smallest absolute Gasteiger partial charge is 0.119 e. The fourth-order valence-corrected chi connectivity index (χ4v) is 4.11. The highest BCUT2D eigenvalue weighted by Crippen LogP contribution is 2.30. The minimum absolute atomic E-state index is 0. The fraction of sp³-hybridized carbons (Fsp3) is 0.474. The average Bonchev–Trinajstić information content (AvgIpc) is 3.07. The van der Waals surface area contributed by atoms with Crippen LogP contribution in [0.5, 0.6) is 5.75 Å². The molecule has 0 saturated heterocycles. The SMILES string of the molecule is Cl.[2H]C([2H])([2H])CCN(CCc1cccs1)C1CCc2c(O)cccc2C1. The van der Waals surface area contributed by atoms with E-state index in [4.69, 9.17) is 4.11 Å². The van der Waals surface area contributed by atoms with Gasteiger partial charge in [0.2, 0.25) is 0 Å². The monoisotopic (exact) mass is 354 g/mol. The number of hydrogen-bond donors (Lipinski definition) is 1. The zero-order valence-electron chi connectivity index (χ0n) is 16.2. The molecule has 3 rings (SSSR count). The van der Waals surface area contributed by atoms with Crippen molar-refractivity contribution in [3.63, 3.8) is 0 Å². The summed E-state index contributed by atoms with van der Waals surface area (Å²) in [6.07, 6.45) is 3.89. The van der Waals surface area contributed by atoms with E-state index in [0.29, 0.717) is 18.3 Å².